The van der Waals surface area contributed by atoms with Gasteiger partial charge in [-0.1, -0.05) is 37.3 Å². The number of benzene rings is 2. The molecule has 0 unspecified atom stereocenters. The second-order valence-corrected chi connectivity index (χ2v) is 8.78. The van der Waals surface area contributed by atoms with Gasteiger partial charge in [0.1, 0.15) is 22.7 Å². The fourth-order valence-electron chi connectivity index (χ4n) is 4.07. The second-order valence-electron chi connectivity index (χ2n) is 8.78. The van der Waals surface area contributed by atoms with Gasteiger partial charge < -0.3 is 19.7 Å². The Morgan fingerprint density at radius 3 is 2.48 bits per heavy atom. The van der Waals surface area contributed by atoms with Crippen LogP contribution in [0.1, 0.15) is 67.1 Å². The van der Waals surface area contributed by atoms with Crippen LogP contribution in [-0.4, -0.2) is 33.7 Å². The third-order valence-corrected chi connectivity index (χ3v) is 5.99. The Morgan fingerprint density at radius 2 is 1.84 bits per heavy atom. The number of aliphatic hydroxyl groups excluding tert-OH is 1. The summed E-state index contributed by atoms with van der Waals surface area (Å²) >= 11 is 0. The number of rotatable bonds is 4. The maximum Gasteiger partial charge on any atom is 0.312 e. The largest absolute Gasteiger partial charge is 0.506 e. The van der Waals surface area contributed by atoms with Crippen molar-refractivity contribution in [2.45, 2.75) is 51.7 Å². The molecule has 2 aromatic carbocycles. The molecule has 162 valence electrons. The second kappa shape index (κ2) is 7.54. The van der Waals surface area contributed by atoms with Crippen LogP contribution in [0.4, 0.5) is 0 Å². The lowest BCUT2D eigenvalue weighted by molar-refractivity contribution is -0.135. The zero-order valence-corrected chi connectivity index (χ0v) is 18.0. The van der Waals surface area contributed by atoms with Crippen LogP contribution in [0.3, 0.4) is 0 Å². The highest BCUT2D eigenvalue weighted by molar-refractivity contribution is 6.06. The number of phenols is 1. The molecule has 2 aliphatic heterocycles. The maximum absolute atomic E-state index is 13.3. The van der Waals surface area contributed by atoms with Crippen LogP contribution in [0.15, 0.2) is 36.4 Å². The van der Waals surface area contributed by atoms with Crippen LogP contribution in [0.2, 0.25) is 0 Å². The van der Waals surface area contributed by atoms with E-state index in [0.717, 1.165) is 5.56 Å². The molecule has 2 aromatic rings. The summed E-state index contributed by atoms with van der Waals surface area (Å²) in [6.45, 7) is 6.86. The highest BCUT2D eigenvalue weighted by Crippen LogP contribution is 2.54. The molecule has 31 heavy (non-hydrogen) atoms. The van der Waals surface area contributed by atoms with Crippen molar-refractivity contribution in [1.82, 2.24) is 0 Å². The number of ether oxygens (including phenoxy) is 2. The van der Waals surface area contributed by atoms with Crippen molar-refractivity contribution >= 4 is 17.8 Å². The van der Waals surface area contributed by atoms with Crippen LogP contribution < -0.4 is 9.47 Å². The average Bonchev–Trinajstić information content (AvgIpc) is 2.72. The number of esters is 1. The minimum Gasteiger partial charge on any atom is -0.506 e. The number of phenolic OH excluding ortho intramolecular Hbond substituents is 1. The van der Waals surface area contributed by atoms with Gasteiger partial charge in [0, 0.05) is 17.4 Å². The van der Waals surface area contributed by atoms with E-state index in [-0.39, 0.29) is 23.5 Å². The van der Waals surface area contributed by atoms with Crippen molar-refractivity contribution in [3.8, 4) is 17.2 Å². The van der Waals surface area contributed by atoms with Crippen LogP contribution in [0.25, 0.3) is 6.08 Å². The minimum atomic E-state index is -0.937. The lowest BCUT2D eigenvalue weighted by Crippen LogP contribution is -2.32. The van der Waals surface area contributed by atoms with Gasteiger partial charge in [0.2, 0.25) is 0 Å². The van der Waals surface area contributed by atoms with Crippen molar-refractivity contribution in [3.63, 3.8) is 0 Å². The zero-order chi connectivity index (χ0) is 22.5. The number of hydrogen-bond acceptors (Lipinski definition) is 6. The number of aliphatic hydroxyl groups is 1. The molecule has 6 nitrogen and oxygen atoms in total. The Kier molecular flexibility index (Phi) is 5.13. The fraction of sp³-hybridized carbons (Fsp3) is 0.360. The van der Waals surface area contributed by atoms with Gasteiger partial charge in [-0.15, -0.1) is 0 Å². The van der Waals surface area contributed by atoms with Crippen LogP contribution >= 0.6 is 0 Å². The van der Waals surface area contributed by atoms with Crippen molar-refractivity contribution in [3.05, 3.63) is 58.7 Å². The molecule has 0 radical (unpaired) electrons. The molecule has 0 saturated heterocycles. The van der Waals surface area contributed by atoms with Crippen molar-refractivity contribution in [2.75, 3.05) is 0 Å². The van der Waals surface area contributed by atoms with Gasteiger partial charge in [-0.05, 0) is 38.5 Å². The minimum absolute atomic E-state index is 0.0185. The van der Waals surface area contributed by atoms with E-state index in [4.69, 9.17) is 9.47 Å². The lowest BCUT2D eigenvalue weighted by Gasteiger charge is -2.35. The van der Waals surface area contributed by atoms with Crippen molar-refractivity contribution < 1.29 is 29.3 Å². The molecule has 0 saturated carbocycles. The Balaban J connectivity index is 2.05. The molecule has 2 heterocycles. The highest BCUT2D eigenvalue weighted by atomic mass is 16.5. The first-order valence-electron chi connectivity index (χ1n) is 10.4. The molecule has 0 amide bonds. The molecule has 0 fully saturated rings. The van der Waals surface area contributed by atoms with Gasteiger partial charge in [0.05, 0.1) is 18.1 Å². The van der Waals surface area contributed by atoms with Gasteiger partial charge in [-0.3, -0.25) is 9.59 Å². The summed E-state index contributed by atoms with van der Waals surface area (Å²) < 4.78 is 11.8. The molecule has 0 bridgehead atoms. The first kappa shape index (κ1) is 21.1. The number of ketones is 1. The van der Waals surface area contributed by atoms with Crippen molar-refractivity contribution in [2.24, 2.45) is 5.92 Å². The first-order chi connectivity index (χ1) is 14.6. The van der Waals surface area contributed by atoms with Gasteiger partial charge in [0.15, 0.2) is 11.5 Å². The predicted molar refractivity (Wildman–Crippen MR) is 116 cm³/mol. The van der Waals surface area contributed by atoms with Crippen molar-refractivity contribution in [1.29, 1.82) is 0 Å². The van der Waals surface area contributed by atoms with Gasteiger partial charge in [0.25, 0.3) is 0 Å². The predicted octanol–water partition coefficient (Wildman–Crippen LogP) is 4.22. The number of fused-ring (bicyclic) bond motifs is 3. The van der Waals surface area contributed by atoms with Crippen LogP contribution in [-0.2, 0) is 4.79 Å². The Morgan fingerprint density at radius 1 is 1.16 bits per heavy atom. The molecule has 0 aliphatic carbocycles. The Hall–Kier alpha value is -3.12. The number of carbonyl (C=O) groups excluding carboxylic acids is 2. The number of Topliss-reactive ketones (excluding diaryl/α,β-unsaturated/α-hetero) is 1. The average molecular weight is 422 g/mol. The zero-order valence-electron chi connectivity index (χ0n) is 18.0. The summed E-state index contributed by atoms with van der Waals surface area (Å²) in [6, 6.07) is 9.48. The summed E-state index contributed by atoms with van der Waals surface area (Å²) in [6.07, 6.45) is 2.69. The third-order valence-electron chi connectivity index (χ3n) is 5.99. The van der Waals surface area contributed by atoms with E-state index in [9.17, 15) is 19.8 Å². The maximum atomic E-state index is 13.3. The van der Waals surface area contributed by atoms with Gasteiger partial charge in [-0.25, -0.2) is 0 Å². The SMILES string of the molecule is C[C@H](C(=O)c1c(O)c2c(c3c1OC(=O)C[C@H]3c1ccccc1)OC(C)(C)C=C2)[C@@H](C)O. The highest BCUT2D eigenvalue weighted by Gasteiger charge is 2.41. The quantitative estimate of drug-likeness (QED) is 0.435. The first-order valence-corrected chi connectivity index (χ1v) is 10.4. The van der Waals surface area contributed by atoms with E-state index >= 15 is 0 Å². The number of hydrogen-bond donors (Lipinski definition) is 2. The normalized spacial score (nSPS) is 20.7. The summed E-state index contributed by atoms with van der Waals surface area (Å²) in [5.41, 5.74) is 1.08. The van der Waals surface area contributed by atoms with Gasteiger partial charge >= 0.3 is 5.97 Å². The van der Waals surface area contributed by atoms with E-state index in [2.05, 4.69) is 0 Å². The van der Waals surface area contributed by atoms with Crippen LogP contribution in [0.5, 0.6) is 17.2 Å². The third kappa shape index (κ3) is 3.61. The summed E-state index contributed by atoms with van der Waals surface area (Å²) in [7, 11) is 0. The number of aromatic hydroxyl groups is 1. The summed E-state index contributed by atoms with van der Waals surface area (Å²) in [5.74, 6) is -2.07. The van der Waals surface area contributed by atoms with Gasteiger partial charge in [-0.2, -0.15) is 0 Å². The molecular formula is C25H26O6. The van der Waals surface area contributed by atoms with E-state index in [1.54, 1.807) is 19.1 Å². The van der Waals surface area contributed by atoms with E-state index in [0.29, 0.717) is 16.9 Å². The molecular weight excluding hydrogens is 396 g/mol. The molecule has 0 aromatic heterocycles. The standard InChI is InChI=1S/C25H26O6/c1-13(14(2)26)21(28)20-22(29)16-10-11-25(3,4)31-23(16)19-17(12-18(27)30-24(19)20)15-8-6-5-7-9-15/h5-11,13-14,17,26,29H,12H2,1-4H3/t13-,14+,17-/m0/s1. The smallest absolute Gasteiger partial charge is 0.312 e. The Bertz CT molecular complexity index is 1080. The molecule has 2 aliphatic rings. The molecule has 3 atom stereocenters. The molecule has 2 N–H and O–H groups in total. The van der Waals surface area contributed by atoms with E-state index < -0.39 is 35.3 Å². The molecule has 0 spiro atoms. The molecule has 4 rings (SSSR count). The number of carbonyl (C=O) groups is 2. The monoisotopic (exact) mass is 422 g/mol. The lowest BCUT2D eigenvalue weighted by atomic mass is 9.80. The van der Waals surface area contributed by atoms with Crippen LogP contribution in [0, 0.1) is 5.92 Å². The van der Waals surface area contributed by atoms with E-state index in [1.165, 1.54) is 6.92 Å². The molecule has 6 heteroatoms. The fourth-order valence-corrected chi connectivity index (χ4v) is 4.07. The Labute approximate surface area is 181 Å². The van der Waals surface area contributed by atoms with E-state index in [1.807, 2.05) is 44.2 Å². The summed E-state index contributed by atoms with van der Waals surface area (Å²) in [5, 5.41) is 21.1. The topological polar surface area (TPSA) is 93.1 Å². The summed E-state index contributed by atoms with van der Waals surface area (Å²) in [4.78, 5) is 25.8.